The van der Waals surface area contributed by atoms with Crippen molar-refractivity contribution in [3.63, 3.8) is 0 Å². The van der Waals surface area contributed by atoms with Gasteiger partial charge >= 0.3 is 0 Å². The molecule has 0 unspecified atom stereocenters. The van der Waals surface area contributed by atoms with Crippen molar-refractivity contribution in [3.8, 4) is 0 Å². The second kappa shape index (κ2) is 9.10. The molecule has 0 aliphatic heterocycles. The normalized spacial score (nSPS) is 12.0. The Morgan fingerprint density at radius 3 is 2.12 bits per heavy atom. The molecule has 0 atom stereocenters. The topological polar surface area (TPSA) is 44.3 Å². The van der Waals surface area contributed by atoms with Gasteiger partial charge in [-0.3, -0.25) is 10.0 Å². The van der Waals surface area contributed by atoms with Gasteiger partial charge in [0.25, 0.3) is 0 Å². The first-order valence-corrected chi connectivity index (χ1v) is 10.6. The van der Waals surface area contributed by atoms with Gasteiger partial charge in [0.05, 0.1) is 17.6 Å². The molecule has 4 rings (SSSR count). The third-order valence-electron chi connectivity index (χ3n) is 5.33. The van der Waals surface area contributed by atoms with Gasteiger partial charge < -0.3 is 4.42 Å². The lowest BCUT2D eigenvalue weighted by Gasteiger charge is -2.14. The minimum Gasteiger partial charge on any atom is -0.455 e. The van der Waals surface area contributed by atoms with Crippen LogP contribution in [0.5, 0.6) is 0 Å². The number of furan rings is 1. The summed E-state index contributed by atoms with van der Waals surface area (Å²) < 4.78 is 6.04. The van der Waals surface area contributed by atoms with Crippen LogP contribution in [0.15, 0.2) is 87.4 Å². The largest absolute Gasteiger partial charge is 0.455 e. The number of aryl methyl sites for hydroxylation is 2. The van der Waals surface area contributed by atoms with Crippen molar-refractivity contribution in [2.45, 2.75) is 20.8 Å². The first-order valence-electron chi connectivity index (χ1n) is 10.6. The highest BCUT2D eigenvalue weighted by atomic mass is 16.3. The summed E-state index contributed by atoms with van der Waals surface area (Å²) in [7, 11) is 3.89. The van der Waals surface area contributed by atoms with Crippen LogP contribution >= 0.6 is 0 Å². The van der Waals surface area contributed by atoms with Crippen molar-refractivity contribution in [2.75, 3.05) is 24.1 Å². The van der Waals surface area contributed by atoms with Gasteiger partial charge in [-0.05, 0) is 86.0 Å². The highest BCUT2D eigenvalue weighted by Gasteiger charge is 2.09. The summed E-state index contributed by atoms with van der Waals surface area (Å²) in [4.78, 5) is 0. The zero-order valence-corrected chi connectivity index (χ0v) is 19.2. The average molecular weight is 425 g/mol. The molecule has 3 aromatic carbocycles. The van der Waals surface area contributed by atoms with E-state index in [1.54, 1.807) is 0 Å². The van der Waals surface area contributed by atoms with E-state index in [-0.39, 0.29) is 0 Å². The Hall–Kier alpha value is -3.86. The number of fused-ring (bicyclic) bond motifs is 1. The summed E-state index contributed by atoms with van der Waals surface area (Å²) >= 11 is 0. The van der Waals surface area contributed by atoms with Crippen LogP contribution in [0.2, 0.25) is 0 Å². The minimum atomic E-state index is 0.755. The number of hydrazone groups is 2. The van der Waals surface area contributed by atoms with E-state index in [1.165, 1.54) is 11.1 Å². The highest BCUT2D eigenvalue weighted by Crippen LogP contribution is 2.22. The van der Waals surface area contributed by atoms with Gasteiger partial charge in [-0.15, -0.1) is 0 Å². The Kier molecular flexibility index (Phi) is 6.08. The number of hydrogen-bond acceptors (Lipinski definition) is 5. The van der Waals surface area contributed by atoms with Crippen LogP contribution < -0.4 is 10.0 Å². The number of hydrogen-bond donors (Lipinski definition) is 0. The van der Waals surface area contributed by atoms with Gasteiger partial charge in [0.1, 0.15) is 11.3 Å². The van der Waals surface area contributed by atoms with Crippen molar-refractivity contribution >= 4 is 34.3 Å². The zero-order valence-electron chi connectivity index (χ0n) is 19.2. The van der Waals surface area contributed by atoms with Crippen molar-refractivity contribution in [1.29, 1.82) is 0 Å². The Balaban J connectivity index is 1.53. The molecular formula is C27H28N4O. The molecule has 162 valence electrons. The molecule has 32 heavy (non-hydrogen) atoms. The number of rotatable bonds is 6. The smallest absolute Gasteiger partial charge is 0.151 e. The SMILES string of the molecule is C/C(=N\N(C)c1cccc(C)c1)c1cc2cc(/C=N/N(C)c3cccc(C)c3)ccc2o1. The molecule has 1 aromatic heterocycles. The predicted molar refractivity (Wildman–Crippen MR) is 135 cm³/mol. The molecule has 0 aliphatic carbocycles. The first kappa shape index (κ1) is 21.4. The van der Waals surface area contributed by atoms with Gasteiger partial charge in [-0.1, -0.05) is 24.3 Å². The average Bonchev–Trinajstić information content (AvgIpc) is 3.21. The maximum Gasteiger partial charge on any atom is 0.151 e. The molecule has 0 radical (unpaired) electrons. The molecule has 0 bridgehead atoms. The third-order valence-corrected chi connectivity index (χ3v) is 5.33. The minimum absolute atomic E-state index is 0.755. The van der Waals surface area contributed by atoms with Crippen LogP contribution in [-0.4, -0.2) is 26.0 Å². The Morgan fingerprint density at radius 2 is 1.47 bits per heavy atom. The predicted octanol–water partition coefficient (Wildman–Crippen LogP) is 6.38. The van der Waals surface area contributed by atoms with E-state index in [2.05, 4.69) is 49.3 Å². The van der Waals surface area contributed by atoms with Gasteiger partial charge in [-0.25, -0.2) is 0 Å². The molecule has 0 N–H and O–H groups in total. The zero-order chi connectivity index (χ0) is 22.7. The van der Waals surface area contributed by atoms with E-state index >= 15 is 0 Å². The van der Waals surface area contributed by atoms with Crippen LogP contribution in [-0.2, 0) is 0 Å². The molecule has 0 aliphatic rings. The third kappa shape index (κ3) is 4.89. The van der Waals surface area contributed by atoms with Crippen LogP contribution in [0.1, 0.15) is 29.4 Å². The highest BCUT2D eigenvalue weighted by molar-refractivity contribution is 6.01. The van der Waals surface area contributed by atoms with Gasteiger partial charge in [0.2, 0.25) is 0 Å². The Morgan fingerprint density at radius 1 is 0.812 bits per heavy atom. The molecule has 0 amide bonds. The molecule has 5 nitrogen and oxygen atoms in total. The molecular weight excluding hydrogens is 396 g/mol. The van der Waals surface area contributed by atoms with Crippen LogP contribution in [0.3, 0.4) is 0 Å². The summed E-state index contributed by atoms with van der Waals surface area (Å²) in [5, 5.41) is 14.0. The van der Waals surface area contributed by atoms with Gasteiger partial charge in [0.15, 0.2) is 5.76 Å². The van der Waals surface area contributed by atoms with E-state index in [4.69, 9.17) is 9.52 Å². The lowest BCUT2D eigenvalue weighted by Crippen LogP contribution is -2.12. The second-order valence-corrected chi connectivity index (χ2v) is 8.06. The number of anilines is 2. The van der Waals surface area contributed by atoms with Crippen molar-refractivity contribution < 1.29 is 4.42 Å². The molecule has 1 heterocycles. The fourth-order valence-corrected chi connectivity index (χ4v) is 3.53. The fourth-order valence-electron chi connectivity index (χ4n) is 3.53. The molecule has 5 heteroatoms. The summed E-state index contributed by atoms with van der Waals surface area (Å²) in [6.45, 7) is 6.12. The number of nitrogens with zero attached hydrogens (tertiary/aromatic N) is 4. The lowest BCUT2D eigenvalue weighted by molar-refractivity contribution is 0.603. The molecule has 0 spiro atoms. The van der Waals surface area contributed by atoms with E-state index in [0.717, 1.165) is 39.4 Å². The van der Waals surface area contributed by atoms with E-state index in [0.29, 0.717) is 0 Å². The van der Waals surface area contributed by atoms with Crippen molar-refractivity contribution in [3.05, 3.63) is 95.2 Å². The molecule has 4 aromatic rings. The molecule has 0 fully saturated rings. The molecule has 0 saturated carbocycles. The summed E-state index contributed by atoms with van der Waals surface area (Å²) in [5.41, 5.74) is 7.16. The second-order valence-electron chi connectivity index (χ2n) is 8.06. The summed E-state index contributed by atoms with van der Waals surface area (Å²) in [5.74, 6) is 0.755. The standard InChI is InChI=1S/C27H28N4O/c1-19-8-6-10-24(14-19)30(4)28-18-22-12-13-26-23(16-22)17-27(32-26)21(3)29-31(5)25-11-7-9-20(2)15-25/h6-18H,1-5H3/b28-18+,29-21+. The van der Waals surface area contributed by atoms with Gasteiger partial charge in [-0.2, -0.15) is 10.2 Å². The van der Waals surface area contributed by atoms with Crippen molar-refractivity contribution in [1.82, 2.24) is 0 Å². The summed E-state index contributed by atoms with van der Waals surface area (Å²) in [6, 6.07) is 24.6. The van der Waals surface area contributed by atoms with Gasteiger partial charge in [0, 0.05) is 19.5 Å². The van der Waals surface area contributed by atoms with E-state index < -0.39 is 0 Å². The Labute approximate surface area is 189 Å². The maximum atomic E-state index is 6.04. The fraction of sp³-hybridized carbons (Fsp3) is 0.185. The van der Waals surface area contributed by atoms with Crippen LogP contribution in [0.4, 0.5) is 11.4 Å². The van der Waals surface area contributed by atoms with Crippen molar-refractivity contribution in [2.24, 2.45) is 10.2 Å². The molecule has 0 saturated heterocycles. The van der Waals surface area contributed by atoms with E-state index in [1.807, 2.05) is 79.7 Å². The monoisotopic (exact) mass is 424 g/mol. The maximum absolute atomic E-state index is 6.04. The first-order chi connectivity index (χ1) is 15.4. The van der Waals surface area contributed by atoms with E-state index in [9.17, 15) is 0 Å². The Bertz CT molecular complexity index is 1300. The van der Waals surface area contributed by atoms with Crippen LogP contribution in [0, 0.1) is 13.8 Å². The number of benzene rings is 3. The van der Waals surface area contributed by atoms with Crippen LogP contribution in [0.25, 0.3) is 11.0 Å². The lowest BCUT2D eigenvalue weighted by atomic mass is 10.1. The summed E-state index contributed by atoms with van der Waals surface area (Å²) in [6.07, 6.45) is 1.86. The quantitative estimate of drug-likeness (QED) is 0.266.